The van der Waals surface area contributed by atoms with E-state index in [0.717, 1.165) is 28.1 Å². The van der Waals surface area contributed by atoms with Gasteiger partial charge in [0, 0.05) is 21.8 Å². The highest BCUT2D eigenvalue weighted by atomic mass is 35.5. The van der Waals surface area contributed by atoms with Crippen molar-refractivity contribution >= 4 is 50.5 Å². The summed E-state index contributed by atoms with van der Waals surface area (Å²) >= 11 is 12.1. The summed E-state index contributed by atoms with van der Waals surface area (Å²) in [6, 6.07) is 13.0. The van der Waals surface area contributed by atoms with E-state index in [2.05, 4.69) is 5.32 Å². The molecular weight excluding hydrogens is 469 g/mol. The van der Waals surface area contributed by atoms with Crippen molar-refractivity contribution in [2.75, 3.05) is 16.2 Å². The summed E-state index contributed by atoms with van der Waals surface area (Å²) in [6.07, 6.45) is 0. The molecule has 5 nitrogen and oxygen atoms in total. The fourth-order valence-electron chi connectivity index (χ4n) is 2.74. The number of aryl methyl sites for hydroxylation is 1. The van der Waals surface area contributed by atoms with Crippen LogP contribution in [0.15, 0.2) is 65.6 Å². The second-order valence-corrected chi connectivity index (χ2v) is 9.36. The Bertz CT molecular complexity index is 1220. The van der Waals surface area contributed by atoms with Gasteiger partial charge in [-0.1, -0.05) is 40.9 Å². The van der Waals surface area contributed by atoms with Crippen LogP contribution >= 0.6 is 23.2 Å². The topological polar surface area (TPSA) is 66.5 Å². The lowest BCUT2D eigenvalue weighted by molar-refractivity contribution is -0.114. The molecule has 3 rings (SSSR count). The van der Waals surface area contributed by atoms with Gasteiger partial charge in [0.15, 0.2) is 11.6 Å². The van der Waals surface area contributed by atoms with Crippen LogP contribution in [0.4, 0.5) is 20.2 Å². The maximum Gasteiger partial charge on any atom is 0.264 e. The number of nitrogens with zero attached hydrogens (tertiary/aromatic N) is 1. The fraction of sp³-hybridized carbons (Fsp3) is 0.0952. The maximum atomic E-state index is 13.4. The zero-order valence-electron chi connectivity index (χ0n) is 16.1. The molecule has 162 valence electrons. The van der Waals surface area contributed by atoms with E-state index in [1.165, 1.54) is 30.3 Å². The minimum Gasteiger partial charge on any atom is -0.324 e. The minimum absolute atomic E-state index is 0.0271. The zero-order chi connectivity index (χ0) is 22.8. The van der Waals surface area contributed by atoms with Gasteiger partial charge in [0.25, 0.3) is 10.0 Å². The maximum absolute atomic E-state index is 13.4. The Morgan fingerprint density at radius 2 is 1.55 bits per heavy atom. The van der Waals surface area contributed by atoms with Crippen LogP contribution in [-0.4, -0.2) is 20.9 Å². The number of carbonyl (C=O) groups excluding carboxylic acids is 1. The average Bonchev–Trinajstić information content (AvgIpc) is 2.68. The molecule has 3 aromatic rings. The Morgan fingerprint density at radius 3 is 2.13 bits per heavy atom. The largest absolute Gasteiger partial charge is 0.324 e. The molecule has 0 aliphatic rings. The van der Waals surface area contributed by atoms with Crippen LogP contribution in [0, 0.1) is 18.6 Å². The molecule has 0 saturated heterocycles. The quantitative estimate of drug-likeness (QED) is 0.508. The van der Waals surface area contributed by atoms with E-state index in [0.29, 0.717) is 0 Å². The minimum atomic E-state index is -4.19. The molecule has 0 atom stereocenters. The lowest BCUT2D eigenvalue weighted by Crippen LogP contribution is -2.38. The van der Waals surface area contributed by atoms with Crippen molar-refractivity contribution in [2.45, 2.75) is 11.8 Å². The molecule has 0 saturated carbocycles. The van der Waals surface area contributed by atoms with Gasteiger partial charge in [-0.3, -0.25) is 9.10 Å². The standard InChI is InChI=1S/C21H16Cl2F2N2O3S/c1-13-2-5-18(6-3-13)31(29,30)27(17-9-14(22)8-15(23)10-17)12-21(28)26-16-4-7-19(24)20(25)11-16/h2-11H,12H2,1H3,(H,26,28). The van der Waals surface area contributed by atoms with E-state index in [4.69, 9.17) is 23.2 Å². The Balaban J connectivity index is 1.98. The summed E-state index contributed by atoms with van der Waals surface area (Å²) in [7, 11) is -4.19. The summed E-state index contributed by atoms with van der Waals surface area (Å²) in [5, 5.41) is 2.70. The van der Waals surface area contributed by atoms with Gasteiger partial charge in [-0.25, -0.2) is 17.2 Å². The number of anilines is 2. The Kier molecular flexibility index (Phi) is 6.83. The fourth-order valence-corrected chi connectivity index (χ4v) is 4.66. The smallest absolute Gasteiger partial charge is 0.264 e. The third-order valence-corrected chi connectivity index (χ3v) is 6.46. The lowest BCUT2D eigenvalue weighted by atomic mass is 10.2. The number of hydrogen-bond acceptors (Lipinski definition) is 3. The molecule has 3 aromatic carbocycles. The second-order valence-electron chi connectivity index (χ2n) is 6.63. The van der Waals surface area contributed by atoms with E-state index >= 15 is 0 Å². The van der Waals surface area contributed by atoms with Crippen molar-refractivity contribution in [1.29, 1.82) is 0 Å². The van der Waals surface area contributed by atoms with Crippen molar-refractivity contribution in [1.82, 2.24) is 0 Å². The van der Waals surface area contributed by atoms with Crippen molar-refractivity contribution in [3.8, 4) is 0 Å². The number of carbonyl (C=O) groups is 1. The van der Waals surface area contributed by atoms with Crippen LogP contribution in [0.1, 0.15) is 5.56 Å². The monoisotopic (exact) mass is 484 g/mol. The molecule has 0 aromatic heterocycles. The third kappa shape index (κ3) is 5.52. The summed E-state index contributed by atoms with van der Waals surface area (Å²) < 4.78 is 54.0. The van der Waals surface area contributed by atoms with Crippen molar-refractivity contribution in [3.63, 3.8) is 0 Å². The molecule has 31 heavy (non-hydrogen) atoms. The SMILES string of the molecule is Cc1ccc(S(=O)(=O)N(CC(=O)Nc2ccc(F)c(F)c2)c2cc(Cl)cc(Cl)c2)cc1. The first-order valence-corrected chi connectivity index (χ1v) is 11.1. The Morgan fingerprint density at radius 1 is 0.935 bits per heavy atom. The van der Waals surface area contributed by atoms with Gasteiger partial charge < -0.3 is 5.32 Å². The van der Waals surface area contributed by atoms with Gasteiger partial charge in [-0.05, 0) is 49.4 Å². The van der Waals surface area contributed by atoms with Crippen LogP contribution in [0.25, 0.3) is 0 Å². The molecule has 1 amide bonds. The first kappa shape index (κ1) is 23.0. The number of amides is 1. The van der Waals surface area contributed by atoms with Gasteiger partial charge >= 0.3 is 0 Å². The molecular formula is C21H16Cl2F2N2O3S. The predicted molar refractivity (Wildman–Crippen MR) is 117 cm³/mol. The number of benzene rings is 3. The predicted octanol–water partition coefficient (Wildman–Crippen LogP) is 5.41. The molecule has 0 unspecified atom stereocenters. The highest BCUT2D eigenvalue weighted by Crippen LogP contribution is 2.30. The van der Waals surface area contributed by atoms with Gasteiger partial charge in [-0.15, -0.1) is 0 Å². The molecule has 0 bridgehead atoms. The molecule has 1 N–H and O–H groups in total. The van der Waals surface area contributed by atoms with Crippen molar-refractivity contribution in [2.24, 2.45) is 0 Å². The normalized spacial score (nSPS) is 11.3. The highest BCUT2D eigenvalue weighted by molar-refractivity contribution is 7.92. The van der Waals surface area contributed by atoms with Crippen molar-refractivity contribution in [3.05, 3.63) is 87.9 Å². The Labute approximate surface area is 188 Å². The molecule has 0 fully saturated rings. The first-order valence-electron chi connectivity index (χ1n) is 8.86. The average molecular weight is 485 g/mol. The molecule has 0 aliphatic carbocycles. The molecule has 0 radical (unpaired) electrons. The summed E-state index contributed by atoms with van der Waals surface area (Å²) in [5.41, 5.74) is 0.895. The van der Waals surface area contributed by atoms with Gasteiger partial charge in [0.2, 0.25) is 5.91 Å². The number of halogens is 4. The highest BCUT2D eigenvalue weighted by Gasteiger charge is 2.28. The van der Waals surface area contributed by atoms with Crippen LogP contribution in [0.2, 0.25) is 10.0 Å². The molecule has 0 aliphatic heterocycles. The van der Waals surface area contributed by atoms with E-state index in [9.17, 15) is 22.0 Å². The Hall–Kier alpha value is -2.68. The summed E-state index contributed by atoms with van der Waals surface area (Å²) in [5.74, 6) is -3.00. The van der Waals surface area contributed by atoms with E-state index in [-0.39, 0.29) is 26.3 Å². The molecule has 0 spiro atoms. The number of sulfonamides is 1. The van der Waals surface area contributed by atoms with Crippen LogP contribution in [0.3, 0.4) is 0 Å². The van der Waals surface area contributed by atoms with Crippen LogP contribution in [-0.2, 0) is 14.8 Å². The third-order valence-electron chi connectivity index (χ3n) is 4.23. The summed E-state index contributed by atoms with van der Waals surface area (Å²) in [4.78, 5) is 12.5. The van der Waals surface area contributed by atoms with Crippen LogP contribution < -0.4 is 9.62 Å². The summed E-state index contributed by atoms with van der Waals surface area (Å²) in [6.45, 7) is 1.14. The second kappa shape index (κ2) is 9.21. The first-order chi connectivity index (χ1) is 14.6. The van der Waals surface area contributed by atoms with E-state index in [1.807, 2.05) is 0 Å². The van der Waals surface area contributed by atoms with Crippen LogP contribution in [0.5, 0.6) is 0 Å². The molecule has 0 heterocycles. The van der Waals surface area contributed by atoms with E-state index < -0.39 is 34.1 Å². The zero-order valence-corrected chi connectivity index (χ0v) is 18.4. The van der Waals surface area contributed by atoms with Crippen molar-refractivity contribution < 1.29 is 22.0 Å². The number of nitrogens with one attached hydrogen (secondary N) is 1. The van der Waals surface area contributed by atoms with Gasteiger partial charge in [0.05, 0.1) is 10.6 Å². The molecule has 10 heteroatoms. The lowest BCUT2D eigenvalue weighted by Gasteiger charge is -2.24. The van der Waals surface area contributed by atoms with Gasteiger partial charge in [0.1, 0.15) is 6.54 Å². The number of rotatable bonds is 6. The number of hydrogen-bond donors (Lipinski definition) is 1. The van der Waals surface area contributed by atoms with E-state index in [1.54, 1.807) is 19.1 Å². The van der Waals surface area contributed by atoms with Gasteiger partial charge in [-0.2, -0.15) is 0 Å².